The van der Waals surface area contributed by atoms with Crippen LogP contribution in [0, 0.1) is 19.8 Å². The van der Waals surface area contributed by atoms with Crippen molar-refractivity contribution in [2.75, 3.05) is 0 Å². The molecule has 1 aliphatic rings. The van der Waals surface area contributed by atoms with Crippen LogP contribution in [0.25, 0.3) is 0 Å². The summed E-state index contributed by atoms with van der Waals surface area (Å²) in [6.07, 6.45) is 5.97. The van der Waals surface area contributed by atoms with Gasteiger partial charge in [0.2, 0.25) is 0 Å². The number of aliphatic carboxylic acids is 1. The Balaban J connectivity index is 2.22. The second-order valence-corrected chi connectivity index (χ2v) is 5.71. The Morgan fingerprint density at radius 2 is 2.00 bits per heavy atom. The molecule has 0 saturated heterocycles. The molecule has 2 rings (SSSR count). The normalized spacial score (nSPS) is 15.7. The van der Waals surface area contributed by atoms with E-state index in [9.17, 15) is 9.59 Å². The van der Waals surface area contributed by atoms with Crippen molar-refractivity contribution in [1.82, 2.24) is 9.55 Å². The maximum Gasteiger partial charge on any atom is 0.347 e. The van der Waals surface area contributed by atoms with Crippen molar-refractivity contribution < 1.29 is 9.90 Å². The first kappa shape index (κ1) is 14.8. The zero-order valence-corrected chi connectivity index (χ0v) is 12.2. The van der Waals surface area contributed by atoms with Crippen molar-refractivity contribution >= 4 is 5.97 Å². The number of hydrogen-bond donors (Lipinski definition) is 1. The van der Waals surface area contributed by atoms with Gasteiger partial charge in [0.15, 0.2) is 0 Å². The van der Waals surface area contributed by atoms with Crippen molar-refractivity contribution in [3.63, 3.8) is 0 Å². The molecule has 0 unspecified atom stereocenters. The van der Waals surface area contributed by atoms with Crippen LogP contribution < -0.4 is 5.69 Å². The molecule has 20 heavy (non-hydrogen) atoms. The third-order valence-corrected chi connectivity index (χ3v) is 4.34. The number of carboxylic acids is 1. The Bertz CT molecular complexity index is 557. The van der Waals surface area contributed by atoms with E-state index < -0.39 is 5.97 Å². The quantitative estimate of drug-likeness (QED) is 0.895. The Kier molecular flexibility index (Phi) is 4.57. The van der Waals surface area contributed by atoms with Crippen molar-refractivity contribution in [3.8, 4) is 0 Å². The fourth-order valence-corrected chi connectivity index (χ4v) is 3.12. The van der Waals surface area contributed by atoms with Crippen LogP contribution in [-0.4, -0.2) is 20.6 Å². The highest BCUT2D eigenvalue weighted by molar-refractivity contribution is 5.70. The van der Waals surface area contributed by atoms with Gasteiger partial charge < -0.3 is 5.11 Å². The lowest BCUT2D eigenvalue weighted by molar-refractivity contribution is -0.136. The molecule has 1 fully saturated rings. The van der Waals surface area contributed by atoms with E-state index >= 15 is 0 Å². The van der Waals surface area contributed by atoms with Crippen molar-refractivity contribution in [2.45, 2.75) is 58.9 Å². The van der Waals surface area contributed by atoms with Gasteiger partial charge in [0.1, 0.15) is 0 Å². The first-order chi connectivity index (χ1) is 9.49. The van der Waals surface area contributed by atoms with Gasteiger partial charge in [-0.2, -0.15) is 4.98 Å². The molecular weight excluding hydrogens is 256 g/mol. The number of nitrogens with zero attached hydrogens (tertiary/aromatic N) is 2. The number of rotatable bonds is 5. The molecule has 0 aliphatic heterocycles. The van der Waals surface area contributed by atoms with Crippen LogP contribution in [-0.2, 0) is 17.8 Å². The molecule has 0 atom stereocenters. The standard InChI is InChI=1S/C15H22N2O3/c1-10-13(9-14(18)19)11(2)17(15(20)16-10)8-7-12-5-3-4-6-12/h12H,3-9H2,1-2H3,(H,18,19). The van der Waals surface area contributed by atoms with E-state index in [1.807, 2.05) is 6.92 Å². The van der Waals surface area contributed by atoms with Gasteiger partial charge in [-0.05, 0) is 26.2 Å². The summed E-state index contributed by atoms with van der Waals surface area (Å²) in [6, 6.07) is 0. The van der Waals surface area contributed by atoms with E-state index in [0.717, 1.165) is 12.1 Å². The van der Waals surface area contributed by atoms with Crippen LogP contribution in [0.4, 0.5) is 0 Å². The van der Waals surface area contributed by atoms with Gasteiger partial charge in [-0.15, -0.1) is 0 Å². The molecule has 0 aromatic carbocycles. The fraction of sp³-hybridized carbons (Fsp3) is 0.667. The van der Waals surface area contributed by atoms with Crippen LogP contribution in [0.15, 0.2) is 4.79 Å². The van der Waals surface area contributed by atoms with Crippen molar-refractivity contribution in [3.05, 3.63) is 27.4 Å². The predicted octanol–water partition coefficient (Wildman–Crippen LogP) is 2.07. The van der Waals surface area contributed by atoms with Gasteiger partial charge in [-0.1, -0.05) is 25.7 Å². The van der Waals surface area contributed by atoms with Gasteiger partial charge in [0.05, 0.1) is 6.42 Å². The van der Waals surface area contributed by atoms with E-state index in [2.05, 4.69) is 4.98 Å². The summed E-state index contributed by atoms with van der Waals surface area (Å²) in [7, 11) is 0. The third-order valence-electron chi connectivity index (χ3n) is 4.34. The summed E-state index contributed by atoms with van der Waals surface area (Å²) >= 11 is 0. The molecule has 0 spiro atoms. The lowest BCUT2D eigenvalue weighted by Crippen LogP contribution is -2.29. The molecule has 1 aromatic rings. The van der Waals surface area contributed by atoms with Gasteiger partial charge in [-0.25, -0.2) is 4.79 Å². The number of carboxylic acid groups (broad SMARTS) is 1. The minimum Gasteiger partial charge on any atom is -0.481 e. The summed E-state index contributed by atoms with van der Waals surface area (Å²) < 4.78 is 1.64. The Labute approximate surface area is 118 Å². The zero-order valence-electron chi connectivity index (χ0n) is 12.2. The lowest BCUT2D eigenvalue weighted by atomic mass is 10.0. The minimum atomic E-state index is -0.890. The predicted molar refractivity (Wildman–Crippen MR) is 75.9 cm³/mol. The second kappa shape index (κ2) is 6.20. The highest BCUT2D eigenvalue weighted by atomic mass is 16.4. The first-order valence-corrected chi connectivity index (χ1v) is 7.27. The molecule has 1 heterocycles. The number of aryl methyl sites for hydroxylation is 1. The Morgan fingerprint density at radius 3 is 2.60 bits per heavy atom. The molecule has 5 heteroatoms. The van der Waals surface area contributed by atoms with Gasteiger partial charge in [-0.3, -0.25) is 9.36 Å². The van der Waals surface area contributed by atoms with E-state index in [1.165, 1.54) is 25.7 Å². The zero-order chi connectivity index (χ0) is 14.7. The molecule has 1 N–H and O–H groups in total. The van der Waals surface area contributed by atoms with Crippen molar-refractivity contribution in [2.24, 2.45) is 5.92 Å². The van der Waals surface area contributed by atoms with E-state index in [4.69, 9.17) is 5.11 Å². The number of carbonyl (C=O) groups is 1. The highest BCUT2D eigenvalue weighted by Gasteiger charge is 2.18. The summed E-state index contributed by atoms with van der Waals surface area (Å²) in [4.78, 5) is 26.9. The van der Waals surface area contributed by atoms with Crippen molar-refractivity contribution in [1.29, 1.82) is 0 Å². The summed E-state index contributed by atoms with van der Waals surface area (Å²) in [5, 5.41) is 8.96. The molecule has 1 aromatic heterocycles. The van der Waals surface area contributed by atoms with E-state index in [0.29, 0.717) is 23.7 Å². The largest absolute Gasteiger partial charge is 0.481 e. The lowest BCUT2D eigenvalue weighted by Gasteiger charge is -2.16. The van der Waals surface area contributed by atoms with Crippen LogP contribution >= 0.6 is 0 Å². The highest BCUT2D eigenvalue weighted by Crippen LogP contribution is 2.28. The Hall–Kier alpha value is -1.65. The number of aromatic nitrogens is 2. The van der Waals surface area contributed by atoms with Crippen LogP contribution in [0.5, 0.6) is 0 Å². The molecule has 0 bridgehead atoms. The first-order valence-electron chi connectivity index (χ1n) is 7.27. The average Bonchev–Trinajstić information content (AvgIpc) is 2.87. The third kappa shape index (κ3) is 3.26. The van der Waals surface area contributed by atoms with Crippen LogP contribution in [0.3, 0.4) is 0 Å². The summed E-state index contributed by atoms with van der Waals surface area (Å²) in [5.41, 5.74) is 1.70. The molecule has 110 valence electrons. The fourth-order valence-electron chi connectivity index (χ4n) is 3.12. The van der Waals surface area contributed by atoms with Crippen LogP contribution in [0.1, 0.15) is 49.1 Å². The molecule has 5 nitrogen and oxygen atoms in total. The monoisotopic (exact) mass is 278 g/mol. The molecule has 1 aliphatic carbocycles. The maximum atomic E-state index is 12.0. The molecule has 0 radical (unpaired) electrons. The van der Waals surface area contributed by atoms with Gasteiger partial charge >= 0.3 is 11.7 Å². The summed E-state index contributed by atoms with van der Waals surface area (Å²) in [6.45, 7) is 4.17. The van der Waals surface area contributed by atoms with E-state index in [-0.39, 0.29) is 12.1 Å². The van der Waals surface area contributed by atoms with E-state index in [1.54, 1.807) is 11.5 Å². The second-order valence-electron chi connectivity index (χ2n) is 5.71. The molecule has 1 saturated carbocycles. The van der Waals surface area contributed by atoms with Gasteiger partial charge in [0.25, 0.3) is 0 Å². The van der Waals surface area contributed by atoms with Gasteiger partial charge in [0, 0.05) is 23.5 Å². The minimum absolute atomic E-state index is 0.0750. The SMILES string of the molecule is Cc1nc(=O)n(CCC2CCCC2)c(C)c1CC(=O)O. The molecular formula is C15H22N2O3. The summed E-state index contributed by atoms with van der Waals surface area (Å²) in [5.74, 6) is -0.190. The molecule has 0 amide bonds. The maximum absolute atomic E-state index is 12.0. The topological polar surface area (TPSA) is 72.2 Å². The van der Waals surface area contributed by atoms with Crippen LogP contribution in [0.2, 0.25) is 0 Å². The Morgan fingerprint density at radius 1 is 1.35 bits per heavy atom. The number of hydrogen-bond acceptors (Lipinski definition) is 3. The average molecular weight is 278 g/mol. The smallest absolute Gasteiger partial charge is 0.347 e.